The first kappa shape index (κ1) is 34.7. The molecule has 0 bridgehead atoms. The zero-order chi connectivity index (χ0) is 32.9. The van der Waals surface area contributed by atoms with Crippen LogP contribution < -0.4 is 4.74 Å². The number of esters is 2. The second kappa shape index (κ2) is 14.8. The number of hydrogen-bond acceptors (Lipinski definition) is 6. The lowest BCUT2D eigenvalue weighted by molar-refractivity contribution is -0.157. The quantitative estimate of drug-likeness (QED) is 0.125. The summed E-state index contributed by atoms with van der Waals surface area (Å²) < 4.78 is 22.0. The average Bonchev–Trinajstić information content (AvgIpc) is 2.98. The molecule has 1 saturated carbocycles. The molecule has 0 amide bonds. The zero-order valence-corrected chi connectivity index (χ0v) is 28.3. The smallest absolute Gasteiger partial charge is 0.335 e. The SMILES string of the molecule is C=C(C)C(=O)OCOc1c(C)c(C)c(C#Cc2c(C)c(C)c(C3CCC(OCOC(=O)C(=C)C)CC3)c(C)c2C)c(C)c1C. The van der Waals surface area contributed by atoms with E-state index in [0.29, 0.717) is 17.1 Å². The van der Waals surface area contributed by atoms with Crippen molar-refractivity contribution >= 4 is 11.9 Å². The summed E-state index contributed by atoms with van der Waals surface area (Å²) in [5.74, 6) is 7.35. The molecule has 0 radical (unpaired) electrons. The van der Waals surface area contributed by atoms with Crippen LogP contribution in [0.5, 0.6) is 5.75 Å². The molecule has 1 aliphatic rings. The molecule has 0 aliphatic heterocycles. The Balaban J connectivity index is 1.82. The molecule has 1 fully saturated rings. The molecule has 2 aromatic rings. The first-order valence-electron chi connectivity index (χ1n) is 15.3. The van der Waals surface area contributed by atoms with Crippen molar-refractivity contribution < 1.29 is 28.5 Å². The van der Waals surface area contributed by atoms with E-state index in [1.807, 2.05) is 13.8 Å². The normalized spacial score (nSPS) is 16.0. The van der Waals surface area contributed by atoms with Gasteiger partial charge in [0.05, 0.1) is 6.10 Å². The van der Waals surface area contributed by atoms with Gasteiger partial charge in [0.25, 0.3) is 0 Å². The van der Waals surface area contributed by atoms with Gasteiger partial charge in [-0.25, -0.2) is 9.59 Å². The van der Waals surface area contributed by atoms with Crippen LogP contribution in [0.1, 0.15) is 107 Å². The Hall–Kier alpha value is -3.82. The van der Waals surface area contributed by atoms with E-state index in [4.69, 9.17) is 18.9 Å². The van der Waals surface area contributed by atoms with Gasteiger partial charge in [0.2, 0.25) is 6.79 Å². The van der Waals surface area contributed by atoms with Crippen LogP contribution in [0, 0.1) is 67.2 Å². The molecule has 236 valence electrons. The molecule has 1 aliphatic carbocycles. The van der Waals surface area contributed by atoms with Gasteiger partial charge in [0.15, 0.2) is 6.79 Å². The van der Waals surface area contributed by atoms with Gasteiger partial charge in [-0.1, -0.05) is 25.0 Å². The van der Waals surface area contributed by atoms with Gasteiger partial charge in [-0.2, -0.15) is 0 Å². The fraction of sp³-hybridized carbons (Fsp3) is 0.474. The summed E-state index contributed by atoms with van der Waals surface area (Å²) in [5, 5.41) is 0. The monoisotopic (exact) mass is 600 g/mol. The molecule has 0 unspecified atom stereocenters. The second-order valence-corrected chi connectivity index (χ2v) is 12.2. The van der Waals surface area contributed by atoms with Gasteiger partial charge in [-0.15, -0.1) is 0 Å². The van der Waals surface area contributed by atoms with E-state index in [9.17, 15) is 9.59 Å². The van der Waals surface area contributed by atoms with E-state index >= 15 is 0 Å². The van der Waals surface area contributed by atoms with Crippen LogP contribution in [0.15, 0.2) is 24.3 Å². The zero-order valence-electron chi connectivity index (χ0n) is 28.3. The maximum Gasteiger partial charge on any atom is 0.335 e. The van der Waals surface area contributed by atoms with E-state index in [1.165, 1.54) is 27.8 Å². The Bertz CT molecular complexity index is 1480. The fourth-order valence-electron chi connectivity index (χ4n) is 6.04. The number of carbonyl (C=O) groups is 2. The molecule has 6 nitrogen and oxygen atoms in total. The van der Waals surface area contributed by atoms with Crippen molar-refractivity contribution in [2.45, 2.75) is 107 Å². The van der Waals surface area contributed by atoms with Crippen LogP contribution in [-0.4, -0.2) is 31.6 Å². The van der Waals surface area contributed by atoms with Crippen molar-refractivity contribution in [1.82, 2.24) is 0 Å². The summed E-state index contributed by atoms with van der Waals surface area (Å²) in [7, 11) is 0. The number of carbonyl (C=O) groups excluding carboxylic acids is 2. The third-order valence-electron chi connectivity index (χ3n) is 9.22. The van der Waals surface area contributed by atoms with E-state index in [1.54, 1.807) is 13.8 Å². The molecular formula is C38H48O6. The first-order chi connectivity index (χ1) is 20.7. The Morgan fingerprint density at radius 1 is 0.636 bits per heavy atom. The number of rotatable bonds is 9. The van der Waals surface area contributed by atoms with Gasteiger partial charge in [-0.05, 0) is 151 Å². The summed E-state index contributed by atoms with van der Waals surface area (Å²) in [6, 6.07) is 0. The Labute approximate surface area is 263 Å². The predicted molar refractivity (Wildman–Crippen MR) is 175 cm³/mol. The van der Waals surface area contributed by atoms with E-state index in [0.717, 1.165) is 64.8 Å². The Kier molecular flexibility index (Phi) is 11.6. The summed E-state index contributed by atoms with van der Waals surface area (Å²) in [6.07, 6.45) is 4.02. The third kappa shape index (κ3) is 7.63. The van der Waals surface area contributed by atoms with Gasteiger partial charge in [0, 0.05) is 22.3 Å². The highest BCUT2D eigenvalue weighted by Gasteiger charge is 2.27. The van der Waals surface area contributed by atoms with Crippen molar-refractivity contribution in [3.63, 3.8) is 0 Å². The molecular weight excluding hydrogens is 552 g/mol. The van der Waals surface area contributed by atoms with Crippen LogP contribution >= 0.6 is 0 Å². The summed E-state index contributed by atoms with van der Waals surface area (Å²) in [4.78, 5) is 23.4. The maximum absolute atomic E-state index is 11.8. The molecule has 2 aromatic carbocycles. The average molecular weight is 601 g/mol. The molecule has 3 rings (SSSR count). The lowest BCUT2D eigenvalue weighted by Gasteiger charge is -2.32. The summed E-state index contributed by atoms with van der Waals surface area (Å²) in [5.41, 5.74) is 13.4. The Morgan fingerprint density at radius 2 is 1.05 bits per heavy atom. The van der Waals surface area contributed by atoms with Crippen molar-refractivity contribution in [2.75, 3.05) is 13.6 Å². The molecule has 0 spiro atoms. The lowest BCUT2D eigenvalue weighted by atomic mass is 9.76. The van der Waals surface area contributed by atoms with Crippen molar-refractivity contribution in [3.05, 3.63) is 85.5 Å². The van der Waals surface area contributed by atoms with Crippen LogP contribution in [0.2, 0.25) is 0 Å². The molecule has 0 saturated heterocycles. The molecule has 6 heteroatoms. The standard InChI is InChI=1S/C38H48O6/c1-21(2)37(39)43-19-41-32-15-13-31(14-16-32)35-27(9)23(5)33(24(6)28(35)10)17-18-34-25(7)29(11)36(30(12)26(34)8)42-20-44-38(40)22(3)4/h31-32H,1,3,13-16,19-20H2,2,4-12H3. The predicted octanol–water partition coefficient (Wildman–Crippen LogP) is 8.13. The molecule has 0 heterocycles. The van der Waals surface area contributed by atoms with Crippen molar-refractivity contribution in [1.29, 1.82) is 0 Å². The van der Waals surface area contributed by atoms with Gasteiger partial charge >= 0.3 is 11.9 Å². The molecule has 0 aromatic heterocycles. The minimum absolute atomic E-state index is 0.0245. The van der Waals surface area contributed by atoms with Crippen LogP contribution in [-0.2, 0) is 23.8 Å². The summed E-state index contributed by atoms with van der Waals surface area (Å²) in [6.45, 7) is 27.2. The number of hydrogen-bond donors (Lipinski definition) is 0. The van der Waals surface area contributed by atoms with Gasteiger partial charge in [0.1, 0.15) is 5.75 Å². The van der Waals surface area contributed by atoms with Gasteiger partial charge < -0.3 is 18.9 Å². The molecule has 0 atom stereocenters. The van der Waals surface area contributed by atoms with Crippen LogP contribution in [0.4, 0.5) is 0 Å². The van der Waals surface area contributed by atoms with E-state index in [2.05, 4.69) is 66.5 Å². The maximum atomic E-state index is 11.8. The van der Waals surface area contributed by atoms with Crippen LogP contribution in [0.25, 0.3) is 0 Å². The van der Waals surface area contributed by atoms with E-state index in [-0.39, 0.29) is 19.7 Å². The lowest BCUT2D eigenvalue weighted by Crippen LogP contribution is -2.24. The Morgan fingerprint density at radius 3 is 1.48 bits per heavy atom. The van der Waals surface area contributed by atoms with Gasteiger partial charge in [-0.3, -0.25) is 0 Å². The summed E-state index contributed by atoms with van der Waals surface area (Å²) >= 11 is 0. The minimum atomic E-state index is -0.473. The second-order valence-electron chi connectivity index (χ2n) is 12.2. The highest BCUT2D eigenvalue weighted by molar-refractivity contribution is 5.87. The minimum Gasteiger partial charge on any atom is -0.457 e. The first-order valence-corrected chi connectivity index (χ1v) is 15.3. The molecule has 44 heavy (non-hydrogen) atoms. The fourth-order valence-corrected chi connectivity index (χ4v) is 6.04. The highest BCUT2D eigenvalue weighted by Crippen LogP contribution is 2.40. The molecule has 0 N–H and O–H groups in total. The van der Waals surface area contributed by atoms with Crippen molar-refractivity contribution in [2.24, 2.45) is 0 Å². The number of benzene rings is 2. The number of ether oxygens (including phenoxy) is 4. The topological polar surface area (TPSA) is 71.1 Å². The van der Waals surface area contributed by atoms with E-state index < -0.39 is 11.9 Å². The van der Waals surface area contributed by atoms with Crippen LogP contribution in [0.3, 0.4) is 0 Å². The largest absolute Gasteiger partial charge is 0.457 e. The van der Waals surface area contributed by atoms with Crippen molar-refractivity contribution in [3.8, 4) is 17.6 Å². The third-order valence-corrected chi connectivity index (χ3v) is 9.22. The highest BCUT2D eigenvalue weighted by atomic mass is 16.7.